The van der Waals surface area contributed by atoms with Gasteiger partial charge in [-0.2, -0.15) is 13.1 Å². The molecular weight excluding hydrogens is 422 g/mol. The Morgan fingerprint density at radius 2 is 1.96 bits per heavy atom. The maximum absolute atomic E-state index is 12.7. The summed E-state index contributed by atoms with van der Waals surface area (Å²) in [6.45, 7) is -2.23. The van der Waals surface area contributed by atoms with Crippen molar-refractivity contribution in [2.45, 2.75) is 24.3 Å². The van der Waals surface area contributed by atoms with E-state index < -0.39 is 22.5 Å². The van der Waals surface area contributed by atoms with Crippen LogP contribution in [0.15, 0.2) is 34.5 Å². The molecule has 6 nitrogen and oxygen atoms in total. The summed E-state index contributed by atoms with van der Waals surface area (Å²) in [6, 6.07) is 5.32. The van der Waals surface area contributed by atoms with Gasteiger partial charge in [0, 0.05) is 18.8 Å². The first-order valence-corrected chi connectivity index (χ1v) is 10.6. The molecule has 1 aliphatic rings. The normalized spacial score (nSPS) is 15.3. The van der Waals surface area contributed by atoms with E-state index in [1.807, 2.05) is 0 Å². The standard InChI is InChI=1S/C16H15ClF2N2O4S2/c17-11-4-3-10(9-13(11)27(23,24)21-6-1-2-7-21)20-15(22)14-12(5-8-26-14)25-16(18)19/h3-5,8-9,16H,1-2,6-7H2,(H,20,22). The Morgan fingerprint density at radius 3 is 2.63 bits per heavy atom. The fourth-order valence-corrected chi connectivity index (χ4v) is 5.42. The molecule has 0 unspecified atom stereocenters. The zero-order valence-corrected chi connectivity index (χ0v) is 16.2. The summed E-state index contributed by atoms with van der Waals surface area (Å²) in [7, 11) is -3.78. The number of rotatable bonds is 6. The van der Waals surface area contributed by atoms with E-state index in [0.29, 0.717) is 13.1 Å². The third-order valence-electron chi connectivity index (χ3n) is 3.92. The Balaban J connectivity index is 1.84. The monoisotopic (exact) mass is 436 g/mol. The summed E-state index contributed by atoms with van der Waals surface area (Å²) >= 11 is 6.99. The van der Waals surface area contributed by atoms with Crippen LogP contribution in [0.3, 0.4) is 0 Å². The number of hydrogen-bond acceptors (Lipinski definition) is 5. The largest absolute Gasteiger partial charge is 0.433 e. The van der Waals surface area contributed by atoms with Gasteiger partial charge in [0.2, 0.25) is 10.0 Å². The summed E-state index contributed by atoms with van der Waals surface area (Å²) < 4.78 is 55.9. The highest BCUT2D eigenvalue weighted by Gasteiger charge is 2.29. The van der Waals surface area contributed by atoms with Crippen LogP contribution in [0.2, 0.25) is 5.02 Å². The van der Waals surface area contributed by atoms with Crippen LogP contribution >= 0.6 is 22.9 Å². The first-order valence-electron chi connectivity index (χ1n) is 7.92. The van der Waals surface area contributed by atoms with E-state index in [1.165, 1.54) is 34.0 Å². The molecule has 0 bridgehead atoms. The van der Waals surface area contributed by atoms with Crippen LogP contribution in [0.25, 0.3) is 0 Å². The topological polar surface area (TPSA) is 75.7 Å². The molecule has 2 heterocycles. The van der Waals surface area contributed by atoms with Gasteiger partial charge in [-0.05, 0) is 42.5 Å². The number of amides is 1. The first kappa shape index (κ1) is 20.0. The Hall–Kier alpha value is -1.75. The lowest BCUT2D eigenvalue weighted by Gasteiger charge is -2.17. The molecule has 1 amide bonds. The molecule has 27 heavy (non-hydrogen) atoms. The minimum Gasteiger partial charge on any atom is -0.433 e. The second-order valence-electron chi connectivity index (χ2n) is 5.70. The molecule has 1 aliphatic heterocycles. The van der Waals surface area contributed by atoms with Crippen LogP contribution in [-0.4, -0.2) is 38.3 Å². The Labute approximate surface area is 163 Å². The number of anilines is 1. The Kier molecular flexibility index (Phi) is 5.99. The number of carbonyl (C=O) groups is 1. The van der Waals surface area contributed by atoms with Crippen molar-refractivity contribution in [2.24, 2.45) is 0 Å². The number of benzene rings is 1. The third kappa shape index (κ3) is 4.40. The number of alkyl halides is 2. The van der Waals surface area contributed by atoms with Crippen molar-refractivity contribution < 1.29 is 26.7 Å². The van der Waals surface area contributed by atoms with Crippen molar-refractivity contribution >= 4 is 44.6 Å². The molecule has 1 N–H and O–H groups in total. The molecule has 1 saturated heterocycles. The van der Waals surface area contributed by atoms with Gasteiger partial charge in [-0.25, -0.2) is 8.42 Å². The highest BCUT2D eigenvalue weighted by Crippen LogP contribution is 2.31. The number of hydrogen-bond donors (Lipinski definition) is 1. The molecule has 2 aromatic rings. The molecule has 0 atom stereocenters. The minimum absolute atomic E-state index is 0.0396. The molecule has 0 spiro atoms. The molecule has 1 aromatic heterocycles. The van der Waals surface area contributed by atoms with Gasteiger partial charge in [-0.3, -0.25) is 4.79 Å². The maximum atomic E-state index is 12.7. The molecular formula is C16H15ClF2N2O4S2. The number of nitrogens with zero attached hydrogens (tertiary/aromatic N) is 1. The average Bonchev–Trinajstić information content (AvgIpc) is 3.27. The number of thiophene rings is 1. The van der Waals surface area contributed by atoms with Crippen molar-refractivity contribution in [1.82, 2.24) is 4.31 Å². The Morgan fingerprint density at radius 1 is 1.26 bits per heavy atom. The fraction of sp³-hybridized carbons (Fsp3) is 0.312. The van der Waals surface area contributed by atoms with Gasteiger partial charge in [0.05, 0.1) is 5.02 Å². The zero-order chi connectivity index (χ0) is 19.6. The Bertz CT molecular complexity index is 944. The molecule has 0 saturated carbocycles. The van der Waals surface area contributed by atoms with Gasteiger partial charge in [0.25, 0.3) is 5.91 Å². The molecule has 146 valence electrons. The zero-order valence-electron chi connectivity index (χ0n) is 13.8. The lowest BCUT2D eigenvalue weighted by atomic mass is 10.3. The molecule has 0 radical (unpaired) electrons. The van der Waals surface area contributed by atoms with Crippen LogP contribution in [0, 0.1) is 0 Å². The van der Waals surface area contributed by atoms with Crippen molar-refractivity contribution in [3.8, 4) is 5.75 Å². The molecule has 1 aromatic carbocycles. The van der Waals surface area contributed by atoms with Gasteiger partial charge in [0.1, 0.15) is 15.5 Å². The molecule has 11 heteroatoms. The number of sulfonamides is 1. The predicted molar refractivity (Wildman–Crippen MR) is 98.3 cm³/mol. The number of carbonyl (C=O) groups excluding carboxylic acids is 1. The number of halogens is 3. The van der Waals surface area contributed by atoms with Gasteiger partial charge in [-0.15, -0.1) is 11.3 Å². The third-order valence-corrected chi connectivity index (χ3v) is 7.20. The molecule has 3 rings (SSSR count). The quantitative estimate of drug-likeness (QED) is 0.741. The first-order chi connectivity index (χ1) is 12.8. The predicted octanol–water partition coefficient (Wildman–Crippen LogP) is 4.04. The summed E-state index contributed by atoms with van der Waals surface area (Å²) in [5, 5.41) is 3.98. The van der Waals surface area contributed by atoms with Gasteiger partial charge >= 0.3 is 6.61 Å². The van der Waals surface area contributed by atoms with E-state index in [4.69, 9.17) is 11.6 Å². The van der Waals surface area contributed by atoms with Crippen LogP contribution < -0.4 is 10.1 Å². The van der Waals surface area contributed by atoms with E-state index >= 15 is 0 Å². The van der Waals surface area contributed by atoms with Crippen molar-refractivity contribution in [3.63, 3.8) is 0 Å². The number of ether oxygens (including phenoxy) is 1. The van der Waals surface area contributed by atoms with E-state index in [9.17, 15) is 22.0 Å². The second-order valence-corrected chi connectivity index (χ2v) is 8.93. The molecule has 0 aliphatic carbocycles. The average molecular weight is 437 g/mol. The van der Waals surface area contributed by atoms with Crippen LogP contribution in [0.5, 0.6) is 5.75 Å². The maximum Gasteiger partial charge on any atom is 0.387 e. The van der Waals surface area contributed by atoms with Crippen LogP contribution in [-0.2, 0) is 10.0 Å². The smallest absolute Gasteiger partial charge is 0.387 e. The fourth-order valence-electron chi connectivity index (χ4n) is 2.69. The summed E-state index contributed by atoms with van der Waals surface area (Å²) in [5.74, 6) is -0.932. The summed E-state index contributed by atoms with van der Waals surface area (Å²) in [6.07, 6.45) is 1.55. The second kappa shape index (κ2) is 8.09. The molecule has 1 fully saturated rings. The van der Waals surface area contributed by atoms with Crippen LogP contribution in [0.1, 0.15) is 22.5 Å². The van der Waals surface area contributed by atoms with E-state index in [-0.39, 0.29) is 26.2 Å². The van der Waals surface area contributed by atoms with Gasteiger partial charge in [0.15, 0.2) is 0 Å². The van der Waals surface area contributed by atoms with E-state index in [1.54, 1.807) is 0 Å². The van der Waals surface area contributed by atoms with Crippen molar-refractivity contribution in [2.75, 3.05) is 18.4 Å². The van der Waals surface area contributed by atoms with E-state index in [0.717, 1.165) is 24.2 Å². The lowest BCUT2D eigenvalue weighted by Crippen LogP contribution is -2.28. The highest BCUT2D eigenvalue weighted by atomic mass is 35.5. The minimum atomic E-state index is -3.78. The summed E-state index contributed by atoms with van der Waals surface area (Å²) in [4.78, 5) is 12.2. The SMILES string of the molecule is O=C(Nc1ccc(Cl)c(S(=O)(=O)N2CCCC2)c1)c1sccc1OC(F)F. The van der Waals surface area contributed by atoms with Crippen LogP contribution in [0.4, 0.5) is 14.5 Å². The van der Waals surface area contributed by atoms with Crippen molar-refractivity contribution in [3.05, 3.63) is 39.5 Å². The van der Waals surface area contributed by atoms with Gasteiger partial charge in [-0.1, -0.05) is 11.6 Å². The lowest BCUT2D eigenvalue weighted by molar-refractivity contribution is -0.0498. The van der Waals surface area contributed by atoms with E-state index in [2.05, 4.69) is 10.1 Å². The van der Waals surface area contributed by atoms with Crippen molar-refractivity contribution in [1.29, 1.82) is 0 Å². The summed E-state index contributed by atoms with van der Waals surface area (Å²) in [5.41, 5.74) is 0.179. The van der Waals surface area contributed by atoms with Gasteiger partial charge < -0.3 is 10.1 Å². The number of nitrogens with one attached hydrogen (secondary N) is 1. The highest BCUT2D eigenvalue weighted by molar-refractivity contribution is 7.89.